The zero-order chi connectivity index (χ0) is 16.4. The van der Waals surface area contributed by atoms with Gasteiger partial charge in [0.2, 0.25) is 0 Å². The molecule has 2 N–H and O–H groups in total. The van der Waals surface area contributed by atoms with Crippen molar-refractivity contribution in [3.8, 4) is 11.5 Å². The molecule has 5 nitrogen and oxygen atoms in total. The van der Waals surface area contributed by atoms with E-state index >= 15 is 0 Å². The van der Waals surface area contributed by atoms with E-state index in [-0.39, 0.29) is 24.0 Å². The second kappa shape index (κ2) is 12.3. The van der Waals surface area contributed by atoms with Crippen LogP contribution >= 0.6 is 24.0 Å². The van der Waals surface area contributed by atoms with Crippen LogP contribution in [0.15, 0.2) is 23.2 Å². The van der Waals surface area contributed by atoms with Crippen LogP contribution in [0, 0.1) is 5.92 Å². The van der Waals surface area contributed by atoms with Gasteiger partial charge < -0.3 is 20.1 Å². The van der Waals surface area contributed by atoms with Gasteiger partial charge in [0.25, 0.3) is 0 Å². The maximum absolute atomic E-state index is 5.33. The van der Waals surface area contributed by atoms with E-state index in [9.17, 15) is 0 Å². The molecule has 6 heteroatoms. The van der Waals surface area contributed by atoms with Crippen molar-refractivity contribution in [3.63, 3.8) is 0 Å². The van der Waals surface area contributed by atoms with Gasteiger partial charge >= 0.3 is 0 Å². The van der Waals surface area contributed by atoms with Crippen molar-refractivity contribution in [2.45, 2.75) is 27.2 Å². The first-order valence-electron chi connectivity index (χ1n) is 7.83. The lowest BCUT2D eigenvalue weighted by atomic mass is 10.1. The van der Waals surface area contributed by atoms with Crippen LogP contribution in [0.1, 0.15) is 26.3 Å². The SMILES string of the molecule is CCNC(=NCC(C)C)NCCc1ccc(OC)c(OC)c1.I. The molecule has 23 heavy (non-hydrogen) atoms. The number of guanidine groups is 1. The topological polar surface area (TPSA) is 54.9 Å². The van der Waals surface area contributed by atoms with E-state index in [4.69, 9.17) is 9.47 Å². The summed E-state index contributed by atoms with van der Waals surface area (Å²) < 4.78 is 10.6. The van der Waals surface area contributed by atoms with E-state index in [0.717, 1.165) is 43.5 Å². The highest BCUT2D eigenvalue weighted by Gasteiger charge is 2.05. The lowest BCUT2D eigenvalue weighted by Crippen LogP contribution is -2.38. The Labute approximate surface area is 157 Å². The zero-order valence-corrected chi connectivity index (χ0v) is 17.1. The van der Waals surface area contributed by atoms with Crippen molar-refractivity contribution >= 4 is 29.9 Å². The van der Waals surface area contributed by atoms with E-state index in [1.54, 1.807) is 14.2 Å². The number of halogens is 1. The first kappa shape index (κ1) is 21.8. The van der Waals surface area contributed by atoms with Crippen LogP contribution in [0.3, 0.4) is 0 Å². The van der Waals surface area contributed by atoms with Crippen LogP contribution < -0.4 is 20.1 Å². The van der Waals surface area contributed by atoms with Gasteiger partial charge in [-0.25, -0.2) is 0 Å². The molecule has 0 aliphatic rings. The number of methoxy groups -OCH3 is 2. The minimum absolute atomic E-state index is 0. The Morgan fingerprint density at radius 1 is 1.13 bits per heavy atom. The summed E-state index contributed by atoms with van der Waals surface area (Å²) in [5.74, 6) is 2.95. The summed E-state index contributed by atoms with van der Waals surface area (Å²) in [7, 11) is 3.30. The van der Waals surface area contributed by atoms with Crippen LogP contribution in [-0.4, -0.2) is 39.8 Å². The predicted molar refractivity (Wildman–Crippen MR) is 107 cm³/mol. The highest BCUT2D eigenvalue weighted by molar-refractivity contribution is 14.0. The van der Waals surface area contributed by atoms with Crippen molar-refractivity contribution in [1.29, 1.82) is 0 Å². The van der Waals surface area contributed by atoms with Gasteiger partial charge in [-0.3, -0.25) is 4.99 Å². The number of hydrogen-bond donors (Lipinski definition) is 2. The number of rotatable bonds is 8. The summed E-state index contributed by atoms with van der Waals surface area (Å²) >= 11 is 0. The molecule has 0 fully saturated rings. The standard InChI is InChI=1S/C17H29N3O2.HI/c1-6-18-17(20-12-13(2)3)19-10-9-14-7-8-15(21-4)16(11-14)22-5;/h7-8,11,13H,6,9-10,12H2,1-5H3,(H2,18,19,20);1H. The molecule has 0 saturated carbocycles. The van der Waals surface area contributed by atoms with Crippen molar-refractivity contribution in [2.75, 3.05) is 33.9 Å². The minimum atomic E-state index is 0. The maximum Gasteiger partial charge on any atom is 0.191 e. The van der Waals surface area contributed by atoms with Crippen molar-refractivity contribution in [3.05, 3.63) is 23.8 Å². The molecular weight excluding hydrogens is 405 g/mol. The highest BCUT2D eigenvalue weighted by Crippen LogP contribution is 2.27. The molecule has 0 radical (unpaired) electrons. The van der Waals surface area contributed by atoms with E-state index in [1.165, 1.54) is 5.56 Å². The van der Waals surface area contributed by atoms with Crippen LogP contribution in [0.2, 0.25) is 0 Å². The molecule has 0 aliphatic carbocycles. The Hall–Kier alpha value is -1.18. The summed E-state index contributed by atoms with van der Waals surface area (Å²) in [6, 6.07) is 6.01. The molecule has 0 amide bonds. The smallest absolute Gasteiger partial charge is 0.191 e. The summed E-state index contributed by atoms with van der Waals surface area (Å²) in [5.41, 5.74) is 1.20. The fourth-order valence-electron chi connectivity index (χ4n) is 1.98. The molecule has 1 aromatic carbocycles. The van der Waals surface area contributed by atoms with Gasteiger partial charge in [0.1, 0.15) is 0 Å². The third-order valence-corrected chi connectivity index (χ3v) is 3.11. The van der Waals surface area contributed by atoms with Crippen molar-refractivity contribution in [2.24, 2.45) is 10.9 Å². The minimum Gasteiger partial charge on any atom is -0.493 e. The highest BCUT2D eigenvalue weighted by atomic mass is 127. The van der Waals surface area contributed by atoms with Crippen molar-refractivity contribution < 1.29 is 9.47 Å². The third-order valence-electron chi connectivity index (χ3n) is 3.11. The molecule has 132 valence electrons. The number of nitrogens with one attached hydrogen (secondary N) is 2. The lowest BCUT2D eigenvalue weighted by Gasteiger charge is -2.13. The number of hydrogen-bond acceptors (Lipinski definition) is 3. The Balaban J connectivity index is 0.00000484. The Morgan fingerprint density at radius 2 is 1.83 bits per heavy atom. The predicted octanol–water partition coefficient (Wildman–Crippen LogP) is 3.08. The van der Waals surface area contributed by atoms with Gasteiger partial charge in [0.15, 0.2) is 17.5 Å². The molecule has 0 atom stereocenters. The number of benzene rings is 1. The third kappa shape index (κ3) is 8.29. The Kier molecular flexibility index (Phi) is 11.6. The molecule has 0 aromatic heterocycles. The number of nitrogens with zero attached hydrogens (tertiary/aromatic N) is 1. The average molecular weight is 435 g/mol. The largest absolute Gasteiger partial charge is 0.493 e. The van der Waals surface area contributed by atoms with Gasteiger partial charge in [-0.1, -0.05) is 19.9 Å². The fourth-order valence-corrected chi connectivity index (χ4v) is 1.98. The molecule has 0 bridgehead atoms. The molecule has 0 aliphatic heterocycles. The Bertz CT molecular complexity index is 479. The molecule has 0 saturated heterocycles. The lowest BCUT2D eigenvalue weighted by molar-refractivity contribution is 0.354. The number of ether oxygens (including phenoxy) is 2. The second-order valence-corrected chi connectivity index (χ2v) is 5.48. The Morgan fingerprint density at radius 3 is 2.39 bits per heavy atom. The van der Waals surface area contributed by atoms with Crippen LogP contribution in [0.25, 0.3) is 0 Å². The van der Waals surface area contributed by atoms with E-state index in [2.05, 4.69) is 42.5 Å². The van der Waals surface area contributed by atoms with E-state index < -0.39 is 0 Å². The van der Waals surface area contributed by atoms with Crippen LogP contribution in [0.4, 0.5) is 0 Å². The molecular formula is C17H30IN3O2. The fraction of sp³-hybridized carbons (Fsp3) is 0.588. The zero-order valence-electron chi connectivity index (χ0n) is 14.8. The second-order valence-electron chi connectivity index (χ2n) is 5.48. The monoisotopic (exact) mass is 435 g/mol. The summed E-state index contributed by atoms with van der Waals surface area (Å²) in [5, 5.41) is 6.62. The molecule has 0 heterocycles. The average Bonchev–Trinajstić information content (AvgIpc) is 2.52. The van der Waals surface area contributed by atoms with Gasteiger partial charge in [-0.2, -0.15) is 0 Å². The van der Waals surface area contributed by atoms with Gasteiger partial charge in [-0.15, -0.1) is 24.0 Å². The number of aliphatic imine (C=N–C) groups is 1. The molecule has 1 aromatic rings. The van der Waals surface area contributed by atoms with Crippen LogP contribution in [0.5, 0.6) is 11.5 Å². The first-order valence-corrected chi connectivity index (χ1v) is 7.83. The maximum atomic E-state index is 5.33. The molecule has 0 spiro atoms. The van der Waals surface area contributed by atoms with E-state index in [1.807, 2.05) is 12.1 Å². The van der Waals surface area contributed by atoms with Gasteiger partial charge in [0, 0.05) is 19.6 Å². The summed E-state index contributed by atoms with van der Waals surface area (Å²) in [6.07, 6.45) is 0.895. The molecule has 1 rings (SSSR count). The van der Waals surface area contributed by atoms with Gasteiger partial charge in [-0.05, 0) is 37.0 Å². The first-order chi connectivity index (χ1) is 10.6. The van der Waals surface area contributed by atoms with Crippen molar-refractivity contribution in [1.82, 2.24) is 10.6 Å². The van der Waals surface area contributed by atoms with Gasteiger partial charge in [0.05, 0.1) is 14.2 Å². The van der Waals surface area contributed by atoms with E-state index in [0.29, 0.717) is 5.92 Å². The molecule has 0 unspecified atom stereocenters. The quantitative estimate of drug-likeness (QED) is 0.375. The summed E-state index contributed by atoms with van der Waals surface area (Å²) in [4.78, 5) is 4.55. The summed E-state index contributed by atoms with van der Waals surface area (Å²) in [6.45, 7) is 8.90. The normalized spacial score (nSPS) is 11.0. The van der Waals surface area contributed by atoms with Crippen LogP contribution in [-0.2, 0) is 6.42 Å².